The summed E-state index contributed by atoms with van der Waals surface area (Å²) in [6.07, 6.45) is 3.17. The van der Waals surface area contributed by atoms with E-state index in [4.69, 9.17) is 9.47 Å². The summed E-state index contributed by atoms with van der Waals surface area (Å²) in [6.45, 7) is 4.16. The van der Waals surface area contributed by atoms with Crippen molar-refractivity contribution in [1.82, 2.24) is 10.2 Å². The van der Waals surface area contributed by atoms with Gasteiger partial charge in [0.05, 0.1) is 13.2 Å². The minimum absolute atomic E-state index is 0.0574. The molecule has 1 N–H and O–H groups in total. The van der Waals surface area contributed by atoms with E-state index in [-0.39, 0.29) is 18.0 Å². The lowest BCUT2D eigenvalue weighted by Gasteiger charge is -2.31. The number of likely N-dealkylation sites (tertiary alicyclic amines) is 1. The van der Waals surface area contributed by atoms with E-state index >= 15 is 0 Å². The van der Waals surface area contributed by atoms with Gasteiger partial charge in [0.2, 0.25) is 0 Å². The molecule has 2 amide bonds. The Bertz CT molecular complexity index is 609. The van der Waals surface area contributed by atoms with Crippen molar-refractivity contribution in [2.24, 2.45) is 0 Å². The molecule has 0 spiro atoms. The van der Waals surface area contributed by atoms with Gasteiger partial charge in [0.25, 0.3) is 5.91 Å². The fraction of sp³-hybridized carbons (Fsp3) is 0.556. The summed E-state index contributed by atoms with van der Waals surface area (Å²) in [4.78, 5) is 25.8. The van der Waals surface area contributed by atoms with Crippen LogP contribution in [-0.4, -0.2) is 49.2 Å². The molecule has 6 heteroatoms. The molecular weight excluding hydrogens is 308 g/mol. The minimum atomic E-state index is -0.267. The Kier molecular flexibility index (Phi) is 5.23. The number of fused-ring (bicyclic) bond motifs is 1. The van der Waals surface area contributed by atoms with Crippen molar-refractivity contribution in [3.8, 4) is 5.75 Å². The molecule has 1 fully saturated rings. The van der Waals surface area contributed by atoms with E-state index in [2.05, 4.69) is 5.32 Å². The molecular formula is C18H24N2O4. The second-order valence-electron chi connectivity index (χ2n) is 6.21. The van der Waals surface area contributed by atoms with Crippen LogP contribution in [0.25, 0.3) is 0 Å². The van der Waals surface area contributed by atoms with Gasteiger partial charge in [0.1, 0.15) is 5.75 Å². The summed E-state index contributed by atoms with van der Waals surface area (Å²) in [7, 11) is 0. The molecule has 3 rings (SSSR count). The Balaban J connectivity index is 1.53. The second-order valence-corrected chi connectivity index (χ2v) is 6.21. The van der Waals surface area contributed by atoms with Gasteiger partial charge in [-0.05, 0) is 56.4 Å². The van der Waals surface area contributed by atoms with E-state index in [0.29, 0.717) is 25.3 Å². The van der Waals surface area contributed by atoms with Gasteiger partial charge in [-0.1, -0.05) is 0 Å². The maximum atomic E-state index is 12.5. The lowest BCUT2D eigenvalue weighted by atomic mass is 10.0. The first kappa shape index (κ1) is 16.6. The number of carbonyl (C=O) groups is 2. The van der Waals surface area contributed by atoms with Gasteiger partial charge in [-0.25, -0.2) is 4.79 Å². The topological polar surface area (TPSA) is 67.9 Å². The summed E-state index contributed by atoms with van der Waals surface area (Å²) in [6, 6.07) is 5.72. The lowest BCUT2D eigenvalue weighted by molar-refractivity contribution is 0.0860. The van der Waals surface area contributed by atoms with Gasteiger partial charge >= 0.3 is 6.09 Å². The van der Waals surface area contributed by atoms with Crippen molar-refractivity contribution in [2.75, 3.05) is 26.3 Å². The van der Waals surface area contributed by atoms with E-state index in [9.17, 15) is 9.59 Å². The van der Waals surface area contributed by atoms with E-state index in [1.165, 1.54) is 0 Å². The average molecular weight is 332 g/mol. The van der Waals surface area contributed by atoms with Gasteiger partial charge in [-0.15, -0.1) is 0 Å². The molecule has 0 unspecified atom stereocenters. The third-order valence-electron chi connectivity index (χ3n) is 4.53. The average Bonchev–Trinajstić information content (AvgIpc) is 2.62. The molecule has 1 aromatic carbocycles. The van der Waals surface area contributed by atoms with Crippen LogP contribution in [0.4, 0.5) is 4.79 Å². The van der Waals surface area contributed by atoms with Crippen LogP contribution >= 0.6 is 0 Å². The normalized spacial score (nSPS) is 17.6. The number of nitrogens with one attached hydrogen (secondary N) is 1. The summed E-state index contributed by atoms with van der Waals surface area (Å²) in [5.74, 6) is 0.832. The largest absolute Gasteiger partial charge is 0.493 e. The first-order valence-corrected chi connectivity index (χ1v) is 8.65. The van der Waals surface area contributed by atoms with Gasteiger partial charge in [0, 0.05) is 24.7 Å². The number of ether oxygens (including phenoxy) is 2. The van der Waals surface area contributed by atoms with Gasteiger partial charge in [0.15, 0.2) is 0 Å². The summed E-state index contributed by atoms with van der Waals surface area (Å²) >= 11 is 0. The number of benzene rings is 1. The molecule has 0 aliphatic carbocycles. The van der Waals surface area contributed by atoms with E-state index in [1.807, 2.05) is 18.2 Å². The number of piperidine rings is 1. The van der Waals surface area contributed by atoms with Crippen LogP contribution in [-0.2, 0) is 11.2 Å². The van der Waals surface area contributed by atoms with E-state index < -0.39 is 0 Å². The third kappa shape index (κ3) is 3.80. The molecule has 0 atom stereocenters. The zero-order chi connectivity index (χ0) is 16.9. The zero-order valence-corrected chi connectivity index (χ0v) is 14.0. The summed E-state index contributed by atoms with van der Waals surface area (Å²) in [5.41, 5.74) is 1.78. The van der Waals surface area contributed by atoms with Crippen molar-refractivity contribution < 1.29 is 19.1 Å². The fourth-order valence-electron chi connectivity index (χ4n) is 3.19. The maximum absolute atomic E-state index is 12.5. The first-order chi connectivity index (χ1) is 11.7. The molecule has 2 heterocycles. The molecule has 6 nitrogen and oxygen atoms in total. The van der Waals surface area contributed by atoms with Crippen LogP contribution in [0.5, 0.6) is 5.75 Å². The molecule has 0 saturated carbocycles. The van der Waals surface area contributed by atoms with Gasteiger partial charge in [-0.2, -0.15) is 0 Å². The van der Waals surface area contributed by atoms with E-state index in [1.54, 1.807) is 11.8 Å². The minimum Gasteiger partial charge on any atom is -0.493 e. The molecule has 130 valence electrons. The second kappa shape index (κ2) is 7.55. The Hall–Kier alpha value is -2.24. The van der Waals surface area contributed by atoms with Crippen molar-refractivity contribution in [1.29, 1.82) is 0 Å². The number of carbonyl (C=O) groups excluding carboxylic acids is 2. The van der Waals surface area contributed by atoms with Crippen LogP contribution in [0, 0.1) is 0 Å². The van der Waals surface area contributed by atoms with Crippen molar-refractivity contribution in [2.45, 2.75) is 38.6 Å². The van der Waals surface area contributed by atoms with Gasteiger partial charge in [-0.3, -0.25) is 4.79 Å². The highest BCUT2D eigenvalue weighted by Gasteiger charge is 2.25. The zero-order valence-electron chi connectivity index (χ0n) is 14.0. The van der Waals surface area contributed by atoms with Crippen LogP contribution in [0.3, 0.4) is 0 Å². The number of rotatable bonds is 3. The van der Waals surface area contributed by atoms with E-state index in [0.717, 1.165) is 43.6 Å². The number of hydrogen-bond acceptors (Lipinski definition) is 4. The predicted octanol–water partition coefficient (Wildman–Crippen LogP) is 2.36. The van der Waals surface area contributed by atoms with Crippen molar-refractivity contribution in [3.63, 3.8) is 0 Å². The Morgan fingerprint density at radius 1 is 1.33 bits per heavy atom. The third-order valence-corrected chi connectivity index (χ3v) is 4.53. The highest BCUT2D eigenvalue weighted by atomic mass is 16.6. The molecule has 2 aliphatic rings. The molecule has 1 aromatic rings. The Labute approximate surface area is 142 Å². The molecule has 0 radical (unpaired) electrons. The maximum Gasteiger partial charge on any atom is 0.409 e. The number of aryl methyl sites for hydroxylation is 1. The van der Waals surface area contributed by atoms with Crippen LogP contribution in [0.1, 0.15) is 42.1 Å². The Morgan fingerprint density at radius 2 is 2.12 bits per heavy atom. The highest BCUT2D eigenvalue weighted by Crippen LogP contribution is 2.25. The number of amides is 2. The summed E-state index contributed by atoms with van der Waals surface area (Å²) in [5, 5.41) is 3.07. The fourth-order valence-corrected chi connectivity index (χ4v) is 3.19. The predicted molar refractivity (Wildman–Crippen MR) is 89.3 cm³/mol. The highest BCUT2D eigenvalue weighted by molar-refractivity contribution is 5.94. The van der Waals surface area contributed by atoms with Crippen LogP contribution in [0.2, 0.25) is 0 Å². The SMILES string of the molecule is CCOC(=O)N1CCC(NC(=O)c2ccc3c(c2)CCCO3)CC1. The number of hydrogen-bond donors (Lipinski definition) is 1. The molecule has 0 aromatic heterocycles. The van der Waals surface area contributed by atoms with Crippen LogP contribution in [0.15, 0.2) is 18.2 Å². The van der Waals surface area contributed by atoms with Crippen LogP contribution < -0.4 is 10.1 Å². The standard InChI is InChI=1S/C18H24N2O4/c1-2-23-18(22)20-9-7-15(8-10-20)19-17(21)14-5-6-16-13(12-14)4-3-11-24-16/h5-6,12,15H,2-4,7-11H2,1H3,(H,19,21). The molecule has 24 heavy (non-hydrogen) atoms. The molecule has 1 saturated heterocycles. The first-order valence-electron chi connectivity index (χ1n) is 8.65. The monoisotopic (exact) mass is 332 g/mol. The van der Waals surface area contributed by atoms with Crippen molar-refractivity contribution in [3.05, 3.63) is 29.3 Å². The smallest absolute Gasteiger partial charge is 0.409 e. The van der Waals surface area contributed by atoms with Crippen molar-refractivity contribution >= 4 is 12.0 Å². The summed E-state index contributed by atoms with van der Waals surface area (Å²) < 4.78 is 10.6. The quantitative estimate of drug-likeness (QED) is 0.923. The lowest BCUT2D eigenvalue weighted by Crippen LogP contribution is -2.46. The number of nitrogens with zero attached hydrogens (tertiary/aromatic N) is 1. The van der Waals surface area contributed by atoms with Gasteiger partial charge < -0.3 is 19.7 Å². The molecule has 0 bridgehead atoms. The Morgan fingerprint density at radius 3 is 2.88 bits per heavy atom. The molecule has 2 aliphatic heterocycles.